The second-order valence-electron chi connectivity index (χ2n) is 4.01. The first kappa shape index (κ1) is 11.0. The molecule has 0 aromatic carbocycles. The van der Waals surface area contributed by atoms with E-state index in [2.05, 4.69) is 5.10 Å². The van der Waals surface area contributed by atoms with E-state index in [4.69, 9.17) is 4.74 Å². The zero-order valence-electron chi connectivity index (χ0n) is 9.99. The second kappa shape index (κ2) is 4.15. The first-order chi connectivity index (χ1) is 7.65. The van der Waals surface area contributed by atoms with Crippen LogP contribution in [0.4, 0.5) is 5.69 Å². The Bertz CT molecular complexity index is 412. The highest BCUT2D eigenvalue weighted by molar-refractivity contribution is 5.95. The fraction of sp³-hybridized carbons (Fsp3) is 0.636. The molecule has 16 heavy (non-hydrogen) atoms. The average Bonchev–Trinajstić information content (AvgIpc) is 2.55. The van der Waals surface area contributed by atoms with Gasteiger partial charge in [0.15, 0.2) is 0 Å². The van der Waals surface area contributed by atoms with Crippen molar-refractivity contribution in [1.82, 2.24) is 9.78 Å². The summed E-state index contributed by atoms with van der Waals surface area (Å²) in [6.07, 6.45) is 1.44. The van der Waals surface area contributed by atoms with E-state index in [0.717, 1.165) is 17.8 Å². The minimum Gasteiger partial charge on any atom is -0.474 e. The molecule has 0 fully saturated rings. The highest BCUT2D eigenvalue weighted by Crippen LogP contribution is 2.34. The van der Waals surface area contributed by atoms with E-state index < -0.39 is 0 Å². The van der Waals surface area contributed by atoms with Gasteiger partial charge in [0.05, 0.1) is 12.2 Å². The third kappa shape index (κ3) is 1.66. The molecule has 0 aliphatic carbocycles. The quantitative estimate of drug-likeness (QED) is 0.758. The smallest absolute Gasteiger partial charge is 0.236 e. The number of amides is 1. The molecule has 1 aromatic heterocycles. The zero-order valence-corrected chi connectivity index (χ0v) is 9.99. The monoisotopic (exact) mass is 223 g/mol. The maximum atomic E-state index is 12.0. The van der Waals surface area contributed by atoms with Crippen molar-refractivity contribution in [2.75, 3.05) is 18.1 Å². The minimum absolute atomic E-state index is 0.156. The van der Waals surface area contributed by atoms with Crippen LogP contribution in [0.25, 0.3) is 0 Å². The number of nitrogens with zero attached hydrogens (tertiary/aromatic N) is 3. The molecule has 88 valence electrons. The summed E-state index contributed by atoms with van der Waals surface area (Å²) >= 11 is 0. The van der Waals surface area contributed by atoms with Gasteiger partial charge in [0.2, 0.25) is 11.8 Å². The molecule has 0 unspecified atom stereocenters. The van der Waals surface area contributed by atoms with E-state index in [1.807, 2.05) is 20.9 Å². The molecule has 1 aliphatic heterocycles. The molecule has 0 saturated heterocycles. The molecule has 0 bridgehead atoms. The first-order valence-electron chi connectivity index (χ1n) is 5.62. The fourth-order valence-electron chi connectivity index (χ4n) is 2.04. The molecule has 1 amide bonds. The van der Waals surface area contributed by atoms with Crippen molar-refractivity contribution < 1.29 is 9.53 Å². The van der Waals surface area contributed by atoms with Crippen LogP contribution in [-0.4, -0.2) is 28.8 Å². The van der Waals surface area contributed by atoms with Gasteiger partial charge in [-0.2, -0.15) is 5.10 Å². The summed E-state index contributed by atoms with van der Waals surface area (Å²) < 4.78 is 7.23. The number of aromatic nitrogens is 2. The average molecular weight is 223 g/mol. The van der Waals surface area contributed by atoms with E-state index in [1.54, 1.807) is 9.58 Å². The van der Waals surface area contributed by atoms with Gasteiger partial charge in [-0.3, -0.25) is 4.79 Å². The Morgan fingerprint density at radius 3 is 3.00 bits per heavy atom. The van der Waals surface area contributed by atoms with Gasteiger partial charge in [-0.05, 0) is 13.3 Å². The van der Waals surface area contributed by atoms with Gasteiger partial charge >= 0.3 is 0 Å². The Balaban J connectivity index is 2.36. The predicted octanol–water partition coefficient (Wildman–Crippen LogP) is 1.25. The summed E-state index contributed by atoms with van der Waals surface area (Å²) in [5.74, 6) is 0.858. The highest BCUT2D eigenvalue weighted by Gasteiger charge is 2.28. The van der Waals surface area contributed by atoms with Gasteiger partial charge in [0.25, 0.3) is 0 Å². The largest absolute Gasteiger partial charge is 0.474 e. The molecule has 0 atom stereocenters. The van der Waals surface area contributed by atoms with E-state index in [0.29, 0.717) is 25.5 Å². The number of ether oxygens (including phenoxy) is 1. The molecular formula is C11H17N3O2. The molecule has 0 saturated carbocycles. The third-order valence-corrected chi connectivity index (χ3v) is 2.73. The first-order valence-corrected chi connectivity index (χ1v) is 5.62. The van der Waals surface area contributed by atoms with E-state index in [9.17, 15) is 4.79 Å². The lowest BCUT2D eigenvalue weighted by molar-refractivity contribution is -0.118. The van der Waals surface area contributed by atoms with Crippen molar-refractivity contribution >= 4 is 11.6 Å². The lowest BCUT2D eigenvalue weighted by Crippen LogP contribution is -2.38. The van der Waals surface area contributed by atoms with Crippen LogP contribution in [0.2, 0.25) is 0 Å². The number of carbonyl (C=O) groups excluding carboxylic acids is 1. The number of anilines is 1. The predicted molar refractivity (Wildman–Crippen MR) is 60.7 cm³/mol. The van der Waals surface area contributed by atoms with Crippen molar-refractivity contribution in [2.24, 2.45) is 7.05 Å². The molecule has 1 aromatic rings. The summed E-state index contributed by atoms with van der Waals surface area (Å²) in [5, 5.41) is 4.28. The Labute approximate surface area is 95.0 Å². The maximum absolute atomic E-state index is 12.0. The van der Waals surface area contributed by atoms with Gasteiger partial charge in [-0.15, -0.1) is 0 Å². The number of fused-ring (bicyclic) bond motifs is 1. The van der Waals surface area contributed by atoms with Crippen LogP contribution in [0.3, 0.4) is 0 Å². The lowest BCUT2D eigenvalue weighted by atomic mass is 10.2. The SMILES string of the molecule is CCCC(=O)N1CCOc2c1c(C)nn2C. The molecular weight excluding hydrogens is 206 g/mol. The molecule has 2 rings (SSSR count). The molecule has 1 aliphatic rings. The van der Waals surface area contributed by atoms with Gasteiger partial charge < -0.3 is 9.64 Å². The topological polar surface area (TPSA) is 47.4 Å². The summed E-state index contributed by atoms with van der Waals surface area (Å²) in [6, 6.07) is 0. The molecule has 5 nitrogen and oxygen atoms in total. The molecule has 2 heterocycles. The molecule has 5 heteroatoms. The van der Waals surface area contributed by atoms with Crippen molar-refractivity contribution in [3.05, 3.63) is 5.69 Å². The van der Waals surface area contributed by atoms with Crippen LogP contribution in [0, 0.1) is 6.92 Å². The van der Waals surface area contributed by atoms with Crippen molar-refractivity contribution in [2.45, 2.75) is 26.7 Å². The Morgan fingerprint density at radius 1 is 1.56 bits per heavy atom. The van der Waals surface area contributed by atoms with E-state index >= 15 is 0 Å². The minimum atomic E-state index is 0.156. The number of aryl methyl sites for hydroxylation is 2. The van der Waals surface area contributed by atoms with Crippen molar-refractivity contribution in [1.29, 1.82) is 0 Å². The van der Waals surface area contributed by atoms with Crippen LogP contribution < -0.4 is 9.64 Å². The third-order valence-electron chi connectivity index (χ3n) is 2.73. The maximum Gasteiger partial charge on any atom is 0.236 e. The normalized spacial score (nSPS) is 14.6. The Hall–Kier alpha value is -1.52. The van der Waals surface area contributed by atoms with Gasteiger partial charge in [-0.1, -0.05) is 6.92 Å². The number of hydrogen-bond acceptors (Lipinski definition) is 3. The van der Waals surface area contributed by atoms with Crippen LogP contribution in [0.5, 0.6) is 5.88 Å². The standard InChI is InChI=1S/C11H17N3O2/c1-4-5-9(15)14-6-7-16-11-10(14)8(2)12-13(11)3/h4-7H2,1-3H3. The van der Waals surface area contributed by atoms with Gasteiger partial charge in [0, 0.05) is 13.5 Å². The van der Waals surface area contributed by atoms with Gasteiger partial charge in [0.1, 0.15) is 12.3 Å². The van der Waals surface area contributed by atoms with Crippen LogP contribution in [0.15, 0.2) is 0 Å². The second-order valence-corrected chi connectivity index (χ2v) is 4.01. The highest BCUT2D eigenvalue weighted by atomic mass is 16.5. The van der Waals surface area contributed by atoms with E-state index in [-0.39, 0.29) is 5.91 Å². The Morgan fingerprint density at radius 2 is 2.31 bits per heavy atom. The Kier molecular flexibility index (Phi) is 2.85. The summed E-state index contributed by atoms with van der Waals surface area (Å²) in [5.41, 5.74) is 1.69. The fourth-order valence-corrected chi connectivity index (χ4v) is 2.04. The lowest BCUT2D eigenvalue weighted by Gasteiger charge is -2.27. The van der Waals surface area contributed by atoms with Crippen molar-refractivity contribution in [3.8, 4) is 5.88 Å². The van der Waals surface area contributed by atoms with E-state index in [1.165, 1.54) is 0 Å². The summed E-state index contributed by atoms with van der Waals surface area (Å²) in [6.45, 7) is 5.08. The van der Waals surface area contributed by atoms with Crippen LogP contribution in [-0.2, 0) is 11.8 Å². The van der Waals surface area contributed by atoms with Gasteiger partial charge in [-0.25, -0.2) is 4.68 Å². The number of rotatable bonds is 2. The summed E-state index contributed by atoms with van der Waals surface area (Å²) in [7, 11) is 1.83. The number of carbonyl (C=O) groups is 1. The molecule has 0 N–H and O–H groups in total. The zero-order chi connectivity index (χ0) is 11.7. The summed E-state index contributed by atoms with van der Waals surface area (Å²) in [4.78, 5) is 13.8. The van der Waals surface area contributed by atoms with Crippen LogP contribution >= 0.6 is 0 Å². The molecule has 0 spiro atoms. The van der Waals surface area contributed by atoms with Crippen LogP contribution in [0.1, 0.15) is 25.5 Å². The van der Waals surface area contributed by atoms with Crippen molar-refractivity contribution in [3.63, 3.8) is 0 Å². The molecule has 0 radical (unpaired) electrons. The number of hydrogen-bond donors (Lipinski definition) is 0.